The van der Waals surface area contributed by atoms with Crippen LogP contribution >= 0.6 is 0 Å². The number of hydrogen-bond acceptors (Lipinski definition) is 3. The molecule has 1 fully saturated rings. The van der Waals surface area contributed by atoms with Crippen LogP contribution in [0.5, 0.6) is 0 Å². The predicted molar refractivity (Wildman–Crippen MR) is 80.0 cm³/mol. The number of nitrogens with zero attached hydrogens (tertiary/aromatic N) is 1. The van der Waals surface area contributed by atoms with Crippen LogP contribution < -0.4 is 11.1 Å². The van der Waals surface area contributed by atoms with Crippen molar-refractivity contribution in [1.29, 1.82) is 0 Å². The maximum absolute atomic E-state index is 11.8. The van der Waals surface area contributed by atoms with Gasteiger partial charge in [0, 0.05) is 25.6 Å². The summed E-state index contributed by atoms with van der Waals surface area (Å²) in [6.45, 7) is 10.2. The summed E-state index contributed by atoms with van der Waals surface area (Å²) in [6, 6.07) is 0.200. The van der Waals surface area contributed by atoms with Gasteiger partial charge in [-0.25, -0.2) is 0 Å². The Labute approximate surface area is 118 Å². The molecule has 4 nitrogen and oxygen atoms in total. The van der Waals surface area contributed by atoms with Gasteiger partial charge >= 0.3 is 0 Å². The van der Waals surface area contributed by atoms with Crippen molar-refractivity contribution in [1.82, 2.24) is 10.2 Å². The SMILES string of the molecule is CCCNC(=O)CC(CN)N1CCCC(C)(C)CC1. The van der Waals surface area contributed by atoms with Crippen LogP contribution in [0.1, 0.15) is 52.9 Å². The number of nitrogens with two attached hydrogens (primary N) is 1. The van der Waals surface area contributed by atoms with E-state index in [1.54, 1.807) is 0 Å². The number of nitrogens with one attached hydrogen (secondary N) is 1. The normalized spacial score (nSPS) is 21.7. The zero-order chi connectivity index (χ0) is 14.3. The summed E-state index contributed by atoms with van der Waals surface area (Å²) in [4.78, 5) is 14.3. The Morgan fingerprint density at radius 2 is 2.11 bits per heavy atom. The molecule has 1 aliphatic heterocycles. The monoisotopic (exact) mass is 269 g/mol. The molecule has 1 unspecified atom stereocenters. The summed E-state index contributed by atoms with van der Waals surface area (Å²) in [5, 5.41) is 2.95. The van der Waals surface area contributed by atoms with E-state index in [9.17, 15) is 4.79 Å². The van der Waals surface area contributed by atoms with Crippen molar-refractivity contribution in [3.63, 3.8) is 0 Å². The molecule has 1 saturated heterocycles. The van der Waals surface area contributed by atoms with Crippen LogP contribution in [0.25, 0.3) is 0 Å². The van der Waals surface area contributed by atoms with Crippen LogP contribution in [0.2, 0.25) is 0 Å². The van der Waals surface area contributed by atoms with Gasteiger partial charge in [0.25, 0.3) is 0 Å². The second-order valence-corrected chi connectivity index (χ2v) is 6.50. The topological polar surface area (TPSA) is 58.4 Å². The maximum Gasteiger partial charge on any atom is 0.221 e. The Bertz CT molecular complexity index is 279. The second kappa shape index (κ2) is 7.85. The third-order valence-corrected chi connectivity index (χ3v) is 4.16. The van der Waals surface area contributed by atoms with Gasteiger partial charge < -0.3 is 11.1 Å². The van der Waals surface area contributed by atoms with Crippen molar-refractivity contribution < 1.29 is 4.79 Å². The largest absolute Gasteiger partial charge is 0.356 e. The molecule has 3 N–H and O–H groups in total. The fourth-order valence-corrected chi connectivity index (χ4v) is 2.72. The zero-order valence-corrected chi connectivity index (χ0v) is 12.9. The summed E-state index contributed by atoms with van der Waals surface area (Å²) in [6.07, 6.45) is 5.19. The standard InChI is InChI=1S/C15H31N3O/c1-4-8-17-14(19)11-13(12-16)18-9-5-6-15(2,3)7-10-18/h13H,4-12,16H2,1-3H3,(H,17,19). The quantitative estimate of drug-likeness (QED) is 0.772. The molecule has 1 amide bonds. The van der Waals surface area contributed by atoms with Gasteiger partial charge in [0.1, 0.15) is 0 Å². The molecule has 0 aromatic rings. The lowest BCUT2D eigenvalue weighted by Crippen LogP contribution is -2.44. The molecular formula is C15H31N3O. The molecule has 0 radical (unpaired) electrons. The van der Waals surface area contributed by atoms with Crippen LogP contribution in [-0.4, -0.2) is 43.0 Å². The van der Waals surface area contributed by atoms with E-state index in [4.69, 9.17) is 5.73 Å². The van der Waals surface area contributed by atoms with Gasteiger partial charge in [-0.2, -0.15) is 0 Å². The molecule has 19 heavy (non-hydrogen) atoms. The van der Waals surface area contributed by atoms with Crippen molar-refractivity contribution in [3.05, 3.63) is 0 Å². The number of likely N-dealkylation sites (tertiary alicyclic amines) is 1. The number of carbonyl (C=O) groups is 1. The van der Waals surface area contributed by atoms with E-state index < -0.39 is 0 Å². The minimum Gasteiger partial charge on any atom is -0.356 e. The second-order valence-electron chi connectivity index (χ2n) is 6.50. The van der Waals surface area contributed by atoms with Crippen LogP contribution in [0.3, 0.4) is 0 Å². The molecule has 1 rings (SSSR count). The Morgan fingerprint density at radius 1 is 1.37 bits per heavy atom. The molecular weight excluding hydrogens is 238 g/mol. The molecule has 0 bridgehead atoms. The third-order valence-electron chi connectivity index (χ3n) is 4.16. The van der Waals surface area contributed by atoms with E-state index in [1.165, 1.54) is 19.3 Å². The highest BCUT2D eigenvalue weighted by molar-refractivity contribution is 5.76. The average molecular weight is 269 g/mol. The first kappa shape index (κ1) is 16.4. The lowest BCUT2D eigenvalue weighted by Gasteiger charge is -2.30. The first-order valence-corrected chi connectivity index (χ1v) is 7.69. The summed E-state index contributed by atoms with van der Waals surface area (Å²) in [5.41, 5.74) is 6.31. The highest BCUT2D eigenvalue weighted by Gasteiger charge is 2.27. The molecule has 1 heterocycles. The zero-order valence-electron chi connectivity index (χ0n) is 12.9. The highest BCUT2D eigenvalue weighted by Crippen LogP contribution is 2.30. The lowest BCUT2D eigenvalue weighted by atomic mass is 9.85. The number of amides is 1. The Morgan fingerprint density at radius 3 is 2.74 bits per heavy atom. The summed E-state index contributed by atoms with van der Waals surface area (Å²) < 4.78 is 0. The van der Waals surface area contributed by atoms with E-state index >= 15 is 0 Å². The Kier molecular flexibility index (Phi) is 6.80. The number of carbonyl (C=O) groups excluding carboxylic acids is 1. The van der Waals surface area contributed by atoms with Crippen molar-refractivity contribution in [2.75, 3.05) is 26.2 Å². The third kappa shape index (κ3) is 5.91. The van der Waals surface area contributed by atoms with Crippen LogP contribution in [0.15, 0.2) is 0 Å². The number of hydrogen-bond donors (Lipinski definition) is 2. The van der Waals surface area contributed by atoms with E-state index in [0.29, 0.717) is 18.4 Å². The van der Waals surface area contributed by atoms with Crippen LogP contribution in [-0.2, 0) is 4.79 Å². The average Bonchev–Trinajstić information content (AvgIpc) is 2.54. The van der Waals surface area contributed by atoms with E-state index in [-0.39, 0.29) is 11.9 Å². The summed E-state index contributed by atoms with van der Waals surface area (Å²) >= 11 is 0. The van der Waals surface area contributed by atoms with Crippen LogP contribution in [0.4, 0.5) is 0 Å². The molecule has 0 aromatic heterocycles. The van der Waals surface area contributed by atoms with Crippen molar-refractivity contribution in [2.45, 2.75) is 58.9 Å². The smallest absolute Gasteiger partial charge is 0.221 e. The van der Waals surface area contributed by atoms with Gasteiger partial charge in [-0.1, -0.05) is 20.8 Å². The molecule has 0 aromatic carbocycles. The van der Waals surface area contributed by atoms with Crippen molar-refractivity contribution in [2.24, 2.45) is 11.1 Å². The lowest BCUT2D eigenvalue weighted by molar-refractivity contribution is -0.122. The predicted octanol–water partition coefficient (Wildman–Crippen LogP) is 1.74. The van der Waals surface area contributed by atoms with Gasteiger partial charge in [-0.05, 0) is 44.2 Å². The maximum atomic E-state index is 11.8. The van der Waals surface area contributed by atoms with Gasteiger partial charge in [0.05, 0.1) is 0 Å². The first-order chi connectivity index (χ1) is 8.98. The fraction of sp³-hybridized carbons (Fsp3) is 0.933. The molecule has 1 aliphatic rings. The molecule has 0 spiro atoms. The Balaban J connectivity index is 2.47. The molecule has 0 saturated carbocycles. The summed E-state index contributed by atoms with van der Waals surface area (Å²) in [5.74, 6) is 0.140. The highest BCUT2D eigenvalue weighted by atomic mass is 16.1. The minimum atomic E-state index is 0.140. The van der Waals surface area contributed by atoms with Crippen LogP contribution in [0, 0.1) is 5.41 Å². The molecule has 112 valence electrons. The van der Waals surface area contributed by atoms with E-state index in [2.05, 4.69) is 31.0 Å². The number of rotatable bonds is 6. The fourth-order valence-electron chi connectivity index (χ4n) is 2.72. The summed E-state index contributed by atoms with van der Waals surface area (Å²) in [7, 11) is 0. The van der Waals surface area contributed by atoms with Crippen molar-refractivity contribution in [3.8, 4) is 0 Å². The van der Waals surface area contributed by atoms with Gasteiger partial charge in [0.15, 0.2) is 0 Å². The van der Waals surface area contributed by atoms with E-state index in [0.717, 1.165) is 26.1 Å². The van der Waals surface area contributed by atoms with Crippen molar-refractivity contribution >= 4 is 5.91 Å². The van der Waals surface area contributed by atoms with Gasteiger partial charge in [0.2, 0.25) is 5.91 Å². The molecule has 1 atom stereocenters. The molecule has 0 aliphatic carbocycles. The Hall–Kier alpha value is -0.610. The van der Waals surface area contributed by atoms with E-state index in [1.807, 2.05) is 0 Å². The van der Waals surface area contributed by atoms with Gasteiger partial charge in [-0.15, -0.1) is 0 Å². The molecule has 4 heteroatoms. The van der Waals surface area contributed by atoms with Gasteiger partial charge in [-0.3, -0.25) is 9.69 Å². The minimum absolute atomic E-state index is 0.140. The first-order valence-electron chi connectivity index (χ1n) is 7.69.